The van der Waals surface area contributed by atoms with Crippen molar-refractivity contribution in [2.75, 3.05) is 33.2 Å². The van der Waals surface area contributed by atoms with Crippen LogP contribution < -0.4 is 5.32 Å². The Bertz CT molecular complexity index is 543. The zero-order valence-corrected chi connectivity index (χ0v) is 14.4. The van der Waals surface area contributed by atoms with E-state index in [1.54, 1.807) is 11.9 Å². The summed E-state index contributed by atoms with van der Waals surface area (Å²) in [5.41, 5.74) is 1.02. The highest BCUT2D eigenvalue weighted by molar-refractivity contribution is 6.30. The summed E-state index contributed by atoms with van der Waals surface area (Å²) >= 11 is 5.89. The smallest absolute Gasteiger partial charge is 0.207 e. The van der Waals surface area contributed by atoms with Crippen molar-refractivity contribution in [2.45, 2.75) is 25.8 Å². The Hall–Kier alpha value is -1.77. The highest BCUT2D eigenvalue weighted by Crippen LogP contribution is 2.11. The zero-order chi connectivity index (χ0) is 16.5. The first-order chi connectivity index (χ1) is 11.2. The van der Waals surface area contributed by atoms with Crippen LogP contribution in [0.3, 0.4) is 0 Å². The van der Waals surface area contributed by atoms with Crippen molar-refractivity contribution in [1.82, 2.24) is 15.1 Å². The zero-order valence-electron chi connectivity index (χ0n) is 13.6. The summed E-state index contributed by atoms with van der Waals surface area (Å²) in [6, 6.07) is 7.51. The first-order valence-corrected chi connectivity index (χ1v) is 8.45. The van der Waals surface area contributed by atoms with E-state index in [1.807, 2.05) is 24.3 Å². The second-order valence-corrected chi connectivity index (χ2v) is 6.13. The molecule has 23 heavy (non-hydrogen) atoms. The van der Waals surface area contributed by atoms with Crippen LogP contribution in [0.4, 0.5) is 0 Å². The number of halogens is 1. The van der Waals surface area contributed by atoms with Gasteiger partial charge in [0.1, 0.15) is 0 Å². The molecule has 0 aliphatic carbocycles. The topological polar surface area (TPSA) is 54.7 Å². The molecule has 1 aromatic rings. The van der Waals surface area contributed by atoms with Gasteiger partial charge < -0.3 is 10.2 Å². The van der Waals surface area contributed by atoms with Crippen molar-refractivity contribution in [3.8, 4) is 6.19 Å². The molecule has 1 aliphatic rings. The van der Waals surface area contributed by atoms with Gasteiger partial charge >= 0.3 is 0 Å². The van der Waals surface area contributed by atoms with Gasteiger partial charge in [-0.15, -0.1) is 0 Å². The lowest BCUT2D eigenvalue weighted by atomic mass is 10.2. The normalized spacial score (nSPS) is 15.4. The Balaban J connectivity index is 1.79. The van der Waals surface area contributed by atoms with Crippen LogP contribution in [0.1, 0.15) is 24.8 Å². The Morgan fingerprint density at radius 3 is 2.65 bits per heavy atom. The second-order valence-electron chi connectivity index (χ2n) is 5.69. The molecular weight excluding hydrogens is 310 g/mol. The van der Waals surface area contributed by atoms with E-state index in [9.17, 15) is 5.26 Å². The Morgan fingerprint density at radius 2 is 2.04 bits per heavy atom. The standard InChI is InChI=1S/C17H24ClN5/c1-20-17(21-9-4-12-22-10-2-3-11-22)23(14-19)13-15-5-7-16(18)8-6-15/h5-8H,2-4,9-13H2,1H3,(H,20,21). The highest BCUT2D eigenvalue weighted by atomic mass is 35.5. The van der Waals surface area contributed by atoms with Gasteiger partial charge in [0.2, 0.25) is 5.96 Å². The molecular formula is C17H24ClN5. The molecule has 0 bridgehead atoms. The minimum Gasteiger partial charge on any atom is -0.355 e. The maximum atomic E-state index is 9.39. The summed E-state index contributed by atoms with van der Waals surface area (Å²) in [7, 11) is 1.70. The third-order valence-electron chi connectivity index (χ3n) is 3.98. The van der Waals surface area contributed by atoms with Crippen LogP contribution in [0.15, 0.2) is 29.3 Å². The van der Waals surface area contributed by atoms with Gasteiger partial charge in [0.15, 0.2) is 6.19 Å². The van der Waals surface area contributed by atoms with Crippen LogP contribution in [0.5, 0.6) is 0 Å². The van der Waals surface area contributed by atoms with Crippen molar-refractivity contribution in [1.29, 1.82) is 5.26 Å². The predicted octanol–water partition coefficient (Wildman–Crippen LogP) is 2.68. The highest BCUT2D eigenvalue weighted by Gasteiger charge is 2.12. The van der Waals surface area contributed by atoms with Gasteiger partial charge in [0.25, 0.3) is 0 Å². The van der Waals surface area contributed by atoms with Gasteiger partial charge in [-0.2, -0.15) is 5.26 Å². The van der Waals surface area contributed by atoms with Crippen molar-refractivity contribution in [2.24, 2.45) is 4.99 Å². The first kappa shape index (κ1) is 17.6. The number of hydrogen-bond acceptors (Lipinski definition) is 3. The number of nitriles is 1. The average Bonchev–Trinajstić information content (AvgIpc) is 3.08. The van der Waals surface area contributed by atoms with Gasteiger partial charge in [0, 0.05) is 18.6 Å². The molecule has 0 aromatic heterocycles. The number of nitrogens with one attached hydrogen (secondary N) is 1. The first-order valence-electron chi connectivity index (χ1n) is 8.07. The summed E-state index contributed by atoms with van der Waals surface area (Å²) in [5, 5.41) is 13.4. The van der Waals surface area contributed by atoms with E-state index in [1.165, 1.54) is 25.9 Å². The monoisotopic (exact) mass is 333 g/mol. The van der Waals surface area contributed by atoms with Crippen molar-refractivity contribution >= 4 is 17.6 Å². The average molecular weight is 334 g/mol. The molecule has 0 saturated carbocycles. The van der Waals surface area contributed by atoms with E-state index in [0.717, 1.165) is 25.1 Å². The number of benzene rings is 1. The fourth-order valence-corrected chi connectivity index (χ4v) is 2.86. The van der Waals surface area contributed by atoms with E-state index in [-0.39, 0.29) is 0 Å². The minimum atomic E-state index is 0.486. The Morgan fingerprint density at radius 1 is 1.35 bits per heavy atom. The lowest BCUT2D eigenvalue weighted by Gasteiger charge is -2.20. The van der Waals surface area contributed by atoms with Crippen LogP contribution in [0.2, 0.25) is 5.02 Å². The van der Waals surface area contributed by atoms with E-state index in [2.05, 4.69) is 21.4 Å². The third-order valence-corrected chi connectivity index (χ3v) is 4.23. The van der Waals surface area contributed by atoms with Crippen LogP contribution in [-0.4, -0.2) is 49.0 Å². The number of aliphatic imine (C=N–C) groups is 1. The Labute approximate surface area is 143 Å². The largest absolute Gasteiger partial charge is 0.355 e. The van der Waals surface area contributed by atoms with Gasteiger partial charge in [-0.25, -0.2) is 4.90 Å². The van der Waals surface area contributed by atoms with E-state index >= 15 is 0 Å². The fourth-order valence-electron chi connectivity index (χ4n) is 2.73. The summed E-state index contributed by atoms with van der Waals surface area (Å²) in [6.45, 7) is 4.85. The summed E-state index contributed by atoms with van der Waals surface area (Å²) in [5.74, 6) is 0.615. The number of nitrogens with zero attached hydrogens (tertiary/aromatic N) is 4. The molecule has 0 atom stereocenters. The quantitative estimate of drug-likeness (QED) is 0.286. The van der Waals surface area contributed by atoms with Crippen LogP contribution in [0, 0.1) is 11.5 Å². The van der Waals surface area contributed by atoms with Gasteiger partial charge in [-0.1, -0.05) is 23.7 Å². The lowest BCUT2D eigenvalue weighted by molar-refractivity contribution is 0.333. The van der Waals surface area contributed by atoms with Crippen LogP contribution >= 0.6 is 11.6 Å². The maximum absolute atomic E-state index is 9.39. The Kier molecular flexibility index (Phi) is 7.18. The van der Waals surface area contributed by atoms with Gasteiger partial charge in [-0.05, 0) is 56.6 Å². The van der Waals surface area contributed by atoms with Crippen molar-refractivity contribution in [3.05, 3.63) is 34.9 Å². The third kappa shape index (κ3) is 5.74. The summed E-state index contributed by atoms with van der Waals surface area (Å²) < 4.78 is 0. The minimum absolute atomic E-state index is 0.486. The number of guanidine groups is 1. The molecule has 1 aliphatic heterocycles. The number of hydrogen-bond donors (Lipinski definition) is 1. The molecule has 0 spiro atoms. The van der Waals surface area contributed by atoms with E-state index in [4.69, 9.17) is 11.6 Å². The molecule has 5 nitrogen and oxygen atoms in total. The summed E-state index contributed by atoms with van der Waals surface area (Å²) in [6.07, 6.45) is 5.89. The SMILES string of the molecule is CN=C(NCCCN1CCCC1)N(C#N)Cc1ccc(Cl)cc1. The molecule has 6 heteroatoms. The fraction of sp³-hybridized carbons (Fsp3) is 0.529. The van der Waals surface area contributed by atoms with Crippen molar-refractivity contribution in [3.63, 3.8) is 0 Å². The van der Waals surface area contributed by atoms with E-state index in [0.29, 0.717) is 17.5 Å². The lowest BCUT2D eigenvalue weighted by Crippen LogP contribution is -2.39. The number of likely N-dealkylation sites (tertiary alicyclic amines) is 1. The maximum Gasteiger partial charge on any atom is 0.207 e. The molecule has 1 aromatic carbocycles. The number of rotatable bonds is 6. The molecule has 2 rings (SSSR count). The molecule has 1 N–H and O–H groups in total. The summed E-state index contributed by atoms with van der Waals surface area (Å²) in [4.78, 5) is 8.27. The van der Waals surface area contributed by atoms with E-state index < -0.39 is 0 Å². The molecule has 0 amide bonds. The molecule has 1 saturated heterocycles. The van der Waals surface area contributed by atoms with Crippen molar-refractivity contribution < 1.29 is 0 Å². The second kappa shape index (κ2) is 9.39. The van der Waals surface area contributed by atoms with Crippen LogP contribution in [-0.2, 0) is 6.54 Å². The molecule has 1 fully saturated rings. The molecule has 1 heterocycles. The van der Waals surface area contributed by atoms with Gasteiger partial charge in [-0.3, -0.25) is 4.99 Å². The van der Waals surface area contributed by atoms with Gasteiger partial charge in [0.05, 0.1) is 6.54 Å². The predicted molar refractivity (Wildman–Crippen MR) is 94.3 cm³/mol. The molecule has 0 unspecified atom stereocenters. The van der Waals surface area contributed by atoms with Crippen LogP contribution in [0.25, 0.3) is 0 Å². The molecule has 0 radical (unpaired) electrons. The molecule has 124 valence electrons.